The molecule has 110 valence electrons. The van der Waals surface area contributed by atoms with Crippen molar-refractivity contribution in [2.24, 2.45) is 5.92 Å². The molecule has 1 saturated heterocycles. The average Bonchev–Trinajstić information content (AvgIpc) is 2.48. The molecule has 2 rings (SSSR count). The maximum Gasteiger partial charge on any atom is 0.307 e. The molecule has 1 aliphatic rings. The van der Waals surface area contributed by atoms with Crippen LogP contribution in [0.3, 0.4) is 0 Å². The topological polar surface area (TPSA) is 107 Å². The zero-order valence-corrected chi connectivity index (χ0v) is 11.3. The van der Waals surface area contributed by atoms with E-state index in [2.05, 4.69) is 6.07 Å². The molecule has 0 bridgehead atoms. The minimum atomic E-state index is -0.890. The number of piperidine rings is 1. The molecule has 0 radical (unpaired) electrons. The summed E-state index contributed by atoms with van der Waals surface area (Å²) in [6.45, 7) is 0.799. The number of hydrogen-bond donors (Lipinski definition) is 1. The molecule has 0 spiro atoms. The van der Waals surface area contributed by atoms with Gasteiger partial charge < -0.3 is 5.11 Å². The molecule has 0 saturated carbocycles. The summed E-state index contributed by atoms with van der Waals surface area (Å²) in [5.41, 5.74) is 0.206. The van der Waals surface area contributed by atoms with Gasteiger partial charge in [0.25, 0.3) is 5.69 Å². The summed E-state index contributed by atoms with van der Waals surface area (Å²) < 4.78 is 0. The molecule has 2 atom stereocenters. The van der Waals surface area contributed by atoms with Crippen LogP contribution in [-0.2, 0) is 4.79 Å². The third-order valence-corrected chi connectivity index (χ3v) is 3.72. The second-order valence-corrected chi connectivity index (χ2v) is 5.02. The summed E-state index contributed by atoms with van der Waals surface area (Å²) in [6.07, 6.45) is 1.23. The Morgan fingerprint density at radius 1 is 1.52 bits per heavy atom. The number of nitriles is 1. The first-order valence-corrected chi connectivity index (χ1v) is 6.64. The predicted octanol–water partition coefficient (Wildman–Crippen LogP) is 1.96. The lowest BCUT2D eigenvalue weighted by atomic mass is 9.95. The molecule has 1 N–H and O–H groups in total. The minimum Gasteiger partial charge on any atom is -0.481 e. The fourth-order valence-electron chi connectivity index (χ4n) is 2.68. The van der Waals surface area contributed by atoms with Crippen molar-refractivity contribution in [3.8, 4) is 6.07 Å². The van der Waals surface area contributed by atoms with Gasteiger partial charge in [-0.2, -0.15) is 5.26 Å². The highest BCUT2D eigenvalue weighted by molar-refractivity contribution is 5.70. The highest BCUT2D eigenvalue weighted by Crippen LogP contribution is 2.31. The zero-order valence-electron chi connectivity index (χ0n) is 11.3. The number of carboxylic acid groups (broad SMARTS) is 1. The molecule has 1 aromatic carbocycles. The van der Waals surface area contributed by atoms with Crippen molar-refractivity contribution in [3.05, 3.63) is 39.9 Å². The summed E-state index contributed by atoms with van der Waals surface area (Å²) in [7, 11) is 0. The zero-order chi connectivity index (χ0) is 15.4. The largest absolute Gasteiger partial charge is 0.481 e. The number of likely N-dealkylation sites (tertiary alicyclic amines) is 1. The van der Waals surface area contributed by atoms with Gasteiger partial charge >= 0.3 is 5.97 Å². The summed E-state index contributed by atoms with van der Waals surface area (Å²) >= 11 is 0. The molecule has 2 unspecified atom stereocenters. The van der Waals surface area contributed by atoms with Crippen molar-refractivity contribution < 1.29 is 14.8 Å². The van der Waals surface area contributed by atoms with Crippen LogP contribution in [0.2, 0.25) is 0 Å². The molecule has 7 heteroatoms. The summed E-state index contributed by atoms with van der Waals surface area (Å²) in [5.74, 6) is -1.42. The standard InChI is InChI=1S/C14H15N3O4/c15-8-13(11-5-1-2-6-12(11)17(20)21)16-7-3-4-10(9-16)14(18)19/h1-2,5-6,10,13H,3-4,7,9H2,(H,18,19). The van der Waals surface area contributed by atoms with E-state index in [-0.39, 0.29) is 12.2 Å². The molecular weight excluding hydrogens is 274 g/mol. The molecule has 7 nitrogen and oxygen atoms in total. The SMILES string of the molecule is N#CC(c1ccccc1[N+](=O)[O-])N1CCCC(C(=O)O)C1. The maximum atomic E-state index is 11.1. The number of para-hydroxylation sites is 1. The number of hydrogen-bond acceptors (Lipinski definition) is 5. The third-order valence-electron chi connectivity index (χ3n) is 3.72. The quantitative estimate of drug-likeness (QED) is 0.670. The van der Waals surface area contributed by atoms with E-state index in [1.165, 1.54) is 6.07 Å². The molecule has 0 aliphatic carbocycles. The molecule has 0 amide bonds. The van der Waals surface area contributed by atoms with Crippen LogP contribution in [0, 0.1) is 27.4 Å². The number of nitrogens with zero attached hydrogens (tertiary/aromatic N) is 3. The van der Waals surface area contributed by atoms with Crippen LogP contribution in [0.15, 0.2) is 24.3 Å². The molecule has 21 heavy (non-hydrogen) atoms. The number of rotatable bonds is 4. The van der Waals surface area contributed by atoms with E-state index in [0.717, 1.165) is 0 Å². The second kappa shape index (κ2) is 6.33. The monoisotopic (exact) mass is 289 g/mol. The van der Waals surface area contributed by atoms with Crippen LogP contribution in [0.5, 0.6) is 0 Å². The van der Waals surface area contributed by atoms with Crippen LogP contribution >= 0.6 is 0 Å². The van der Waals surface area contributed by atoms with Crippen LogP contribution in [-0.4, -0.2) is 34.0 Å². The van der Waals surface area contributed by atoms with Crippen molar-refractivity contribution in [1.29, 1.82) is 5.26 Å². The smallest absolute Gasteiger partial charge is 0.307 e. The van der Waals surface area contributed by atoms with Gasteiger partial charge in [-0.3, -0.25) is 19.8 Å². The van der Waals surface area contributed by atoms with Gasteiger partial charge in [-0.15, -0.1) is 0 Å². The van der Waals surface area contributed by atoms with Gasteiger partial charge in [0.1, 0.15) is 6.04 Å². The van der Waals surface area contributed by atoms with Gasteiger partial charge in [0.15, 0.2) is 0 Å². The van der Waals surface area contributed by atoms with Crippen molar-refractivity contribution in [2.45, 2.75) is 18.9 Å². The average molecular weight is 289 g/mol. The van der Waals surface area contributed by atoms with E-state index >= 15 is 0 Å². The van der Waals surface area contributed by atoms with Crippen molar-refractivity contribution in [1.82, 2.24) is 4.90 Å². The lowest BCUT2D eigenvalue weighted by Crippen LogP contribution is -2.40. The fraction of sp³-hybridized carbons (Fsp3) is 0.429. The van der Waals surface area contributed by atoms with Crippen molar-refractivity contribution in [2.75, 3.05) is 13.1 Å². The Kier molecular flexibility index (Phi) is 4.50. The van der Waals surface area contributed by atoms with Gasteiger partial charge in [-0.25, -0.2) is 0 Å². The Balaban J connectivity index is 2.30. The number of carbonyl (C=O) groups is 1. The van der Waals surface area contributed by atoms with Crippen LogP contribution in [0.1, 0.15) is 24.4 Å². The predicted molar refractivity (Wildman–Crippen MR) is 73.4 cm³/mol. The number of benzene rings is 1. The van der Waals surface area contributed by atoms with Gasteiger partial charge in [-0.05, 0) is 25.5 Å². The van der Waals surface area contributed by atoms with E-state index in [0.29, 0.717) is 24.9 Å². The fourth-order valence-corrected chi connectivity index (χ4v) is 2.68. The number of nitro groups is 1. The van der Waals surface area contributed by atoms with E-state index in [1.807, 2.05) is 0 Å². The third kappa shape index (κ3) is 3.17. The summed E-state index contributed by atoms with van der Waals surface area (Å²) in [5, 5.41) is 29.6. The Labute approximate surface area is 121 Å². The summed E-state index contributed by atoms with van der Waals surface area (Å²) in [6, 6.07) is 7.38. The van der Waals surface area contributed by atoms with E-state index in [9.17, 15) is 20.2 Å². The molecule has 1 aromatic rings. The molecule has 0 aromatic heterocycles. The number of carboxylic acids is 1. The molecular formula is C14H15N3O4. The maximum absolute atomic E-state index is 11.1. The Morgan fingerprint density at radius 3 is 2.86 bits per heavy atom. The first-order valence-electron chi connectivity index (χ1n) is 6.64. The number of aliphatic carboxylic acids is 1. The van der Waals surface area contributed by atoms with Gasteiger partial charge in [0.05, 0.1) is 22.5 Å². The molecule has 1 aliphatic heterocycles. The van der Waals surface area contributed by atoms with E-state index < -0.39 is 22.9 Å². The molecule has 1 heterocycles. The second-order valence-electron chi connectivity index (χ2n) is 5.02. The van der Waals surface area contributed by atoms with Gasteiger partial charge in [-0.1, -0.05) is 12.1 Å². The normalized spacial score (nSPS) is 20.4. The molecule has 1 fully saturated rings. The van der Waals surface area contributed by atoms with Crippen molar-refractivity contribution >= 4 is 11.7 Å². The lowest BCUT2D eigenvalue weighted by Gasteiger charge is -2.33. The van der Waals surface area contributed by atoms with Crippen LogP contribution < -0.4 is 0 Å². The number of nitro benzene ring substituents is 1. The van der Waals surface area contributed by atoms with Crippen LogP contribution in [0.4, 0.5) is 5.69 Å². The van der Waals surface area contributed by atoms with Gasteiger partial charge in [0, 0.05) is 12.6 Å². The Bertz CT molecular complexity index is 596. The highest BCUT2D eigenvalue weighted by Gasteiger charge is 2.33. The Hall–Kier alpha value is -2.46. The van der Waals surface area contributed by atoms with E-state index in [4.69, 9.17) is 5.11 Å². The van der Waals surface area contributed by atoms with Crippen LogP contribution in [0.25, 0.3) is 0 Å². The lowest BCUT2D eigenvalue weighted by molar-refractivity contribution is -0.385. The summed E-state index contributed by atoms with van der Waals surface area (Å²) in [4.78, 5) is 23.4. The first kappa shape index (κ1) is 14.9. The Morgan fingerprint density at radius 2 is 2.24 bits per heavy atom. The minimum absolute atomic E-state index is 0.110. The van der Waals surface area contributed by atoms with Gasteiger partial charge in [0.2, 0.25) is 0 Å². The van der Waals surface area contributed by atoms with Crippen molar-refractivity contribution in [3.63, 3.8) is 0 Å². The van der Waals surface area contributed by atoms with E-state index in [1.54, 1.807) is 23.1 Å². The highest BCUT2D eigenvalue weighted by atomic mass is 16.6. The first-order chi connectivity index (χ1) is 10.0.